The number of hydrogen-bond donors (Lipinski definition) is 2. The summed E-state index contributed by atoms with van der Waals surface area (Å²) in [7, 11) is 0. The first-order chi connectivity index (χ1) is 6.81. The number of fused-ring (bicyclic) bond motifs is 1. The molecule has 0 unspecified atom stereocenters. The van der Waals surface area contributed by atoms with Crippen LogP contribution in [0, 0.1) is 4.64 Å². The smallest absolute Gasteiger partial charge is 0.134 e. The Morgan fingerprint density at radius 3 is 3.21 bits per heavy atom. The van der Waals surface area contributed by atoms with Crippen molar-refractivity contribution in [2.75, 3.05) is 12.8 Å². The first-order valence-electron chi connectivity index (χ1n) is 4.62. The van der Waals surface area contributed by atoms with Gasteiger partial charge in [-0.25, -0.2) is 4.98 Å². The highest BCUT2D eigenvalue weighted by atomic mass is 32.2. The van der Waals surface area contributed by atoms with Crippen LogP contribution in [0.4, 0.5) is 0 Å². The van der Waals surface area contributed by atoms with Gasteiger partial charge in [-0.1, -0.05) is 12.2 Å². The number of aromatic nitrogens is 2. The summed E-state index contributed by atoms with van der Waals surface area (Å²) in [5.41, 5.74) is 2.45. The molecule has 1 aromatic rings. The average molecular weight is 227 g/mol. The minimum Gasteiger partial charge on any atom is -0.346 e. The van der Waals surface area contributed by atoms with E-state index in [0.717, 1.165) is 35.7 Å². The van der Waals surface area contributed by atoms with Crippen LogP contribution in [0.1, 0.15) is 17.1 Å². The summed E-state index contributed by atoms with van der Waals surface area (Å²) >= 11 is 7.02. The molecule has 0 saturated heterocycles. The van der Waals surface area contributed by atoms with E-state index in [-0.39, 0.29) is 0 Å². The van der Waals surface area contributed by atoms with Gasteiger partial charge >= 0.3 is 0 Å². The van der Waals surface area contributed by atoms with Gasteiger partial charge in [-0.15, -0.1) is 0 Å². The number of hydrogen-bond acceptors (Lipinski definition) is 4. The third-order valence-corrected chi connectivity index (χ3v) is 3.19. The molecule has 5 heteroatoms. The number of nitrogens with zero attached hydrogens (tertiary/aromatic N) is 1. The van der Waals surface area contributed by atoms with Crippen molar-refractivity contribution < 1.29 is 0 Å². The van der Waals surface area contributed by atoms with Crippen LogP contribution in [-0.4, -0.2) is 22.8 Å². The highest BCUT2D eigenvalue weighted by Crippen LogP contribution is 2.14. The van der Waals surface area contributed by atoms with E-state index in [1.54, 1.807) is 11.8 Å². The Morgan fingerprint density at radius 2 is 2.43 bits per heavy atom. The van der Waals surface area contributed by atoms with Crippen molar-refractivity contribution in [1.29, 1.82) is 0 Å². The van der Waals surface area contributed by atoms with Gasteiger partial charge in [0.1, 0.15) is 10.5 Å². The molecule has 0 fully saturated rings. The van der Waals surface area contributed by atoms with E-state index in [1.807, 2.05) is 0 Å². The Bertz CT molecular complexity index is 386. The topological polar surface area (TPSA) is 40.7 Å². The Balaban J connectivity index is 2.41. The third-order valence-electron chi connectivity index (χ3n) is 2.29. The fraction of sp³-hybridized carbons (Fsp3) is 0.556. The largest absolute Gasteiger partial charge is 0.346 e. The lowest BCUT2D eigenvalue weighted by atomic mass is 10.1. The van der Waals surface area contributed by atoms with Crippen LogP contribution in [0.3, 0.4) is 0 Å². The Kier molecular flexibility index (Phi) is 3.20. The Hall–Kier alpha value is -0.390. The molecule has 0 atom stereocenters. The molecule has 0 saturated carbocycles. The van der Waals surface area contributed by atoms with Crippen LogP contribution < -0.4 is 5.32 Å². The third kappa shape index (κ3) is 1.99. The molecule has 1 aliphatic heterocycles. The van der Waals surface area contributed by atoms with Gasteiger partial charge < -0.3 is 10.3 Å². The van der Waals surface area contributed by atoms with Gasteiger partial charge in [-0.05, 0) is 6.26 Å². The molecule has 0 aliphatic carbocycles. The zero-order valence-electron chi connectivity index (χ0n) is 8.09. The van der Waals surface area contributed by atoms with Crippen molar-refractivity contribution in [3.63, 3.8) is 0 Å². The zero-order valence-corrected chi connectivity index (χ0v) is 9.73. The monoisotopic (exact) mass is 227 g/mol. The van der Waals surface area contributed by atoms with E-state index >= 15 is 0 Å². The van der Waals surface area contributed by atoms with Crippen molar-refractivity contribution in [2.24, 2.45) is 0 Å². The molecule has 0 radical (unpaired) electrons. The van der Waals surface area contributed by atoms with Crippen LogP contribution in [0.2, 0.25) is 0 Å². The van der Waals surface area contributed by atoms with Gasteiger partial charge in [0.05, 0.1) is 5.75 Å². The number of nitrogens with one attached hydrogen (secondary N) is 2. The molecule has 0 bridgehead atoms. The van der Waals surface area contributed by atoms with Crippen LogP contribution >= 0.6 is 24.0 Å². The van der Waals surface area contributed by atoms with Gasteiger partial charge in [0, 0.05) is 30.8 Å². The molecule has 1 aliphatic rings. The molecule has 2 heterocycles. The lowest BCUT2D eigenvalue weighted by molar-refractivity contribution is 0.620. The molecule has 0 spiro atoms. The average Bonchev–Trinajstić information content (AvgIpc) is 2.18. The highest BCUT2D eigenvalue weighted by molar-refractivity contribution is 7.97. The summed E-state index contributed by atoms with van der Waals surface area (Å²) in [6.07, 6.45) is 3.10. The van der Waals surface area contributed by atoms with Crippen LogP contribution in [-0.2, 0) is 18.7 Å². The van der Waals surface area contributed by atoms with E-state index in [4.69, 9.17) is 12.2 Å². The maximum atomic E-state index is 5.26. The zero-order chi connectivity index (χ0) is 9.97. The predicted molar refractivity (Wildman–Crippen MR) is 62.1 cm³/mol. The molecular formula is C9H13N3S2. The Labute approximate surface area is 92.7 Å². The van der Waals surface area contributed by atoms with Gasteiger partial charge in [-0.2, -0.15) is 11.8 Å². The molecule has 0 amide bonds. The first-order valence-corrected chi connectivity index (χ1v) is 6.42. The standard InChI is InChI=1S/C9H13N3S2/c1-14-5-8-11-7-2-3-10-4-6(7)9(13)12-8/h10H,2-5H2,1H3,(H,11,12,13). The quantitative estimate of drug-likeness (QED) is 0.754. The van der Waals surface area contributed by atoms with Crippen molar-refractivity contribution >= 4 is 24.0 Å². The van der Waals surface area contributed by atoms with E-state index in [0.29, 0.717) is 0 Å². The van der Waals surface area contributed by atoms with E-state index in [2.05, 4.69) is 21.5 Å². The second-order valence-corrected chi connectivity index (χ2v) is 4.56. The minimum atomic E-state index is 0.759. The lowest BCUT2D eigenvalue weighted by Gasteiger charge is -2.17. The molecule has 1 aromatic heterocycles. The lowest BCUT2D eigenvalue weighted by Crippen LogP contribution is -2.25. The fourth-order valence-corrected chi connectivity index (χ4v) is 2.34. The molecule has 3 nitrogen and oxygen atoms in total. The highest BCUT2D eigenvalue weighted by Gasteiger charge is 2.12. The van der Waals surface area contributed by atoms with Crippen molar-refractivity contribution in [1.82, 2.24) is 15.3 Å². The van der Waals surface area contributed by atoms with E-state index < -0.39 is 0 Å². The van der Waals surface area contributed by atoms with E-state index in [1.165, 1.54) is 11.3 Å². The maximum absolute atomic E-state index is 5.26. The predicted octanol–water partition coefficient (Wildman–Crippen LogP) is 1.65. The molecule has 76 valence electrons. The summed E-state index contributed by atoms with van der Waals surface area (Å²) in [5.74, 6) is 1.91. The first kappa shape index (κ1) is 10.1. The summed E-state index contributed by atoms with van der Waals surface area (Å²) in [4.78, 5) is 7.74. The van der Waals surface area contributed by atoms with Gasteiger partial charge in [0.25, 0.3) is 0 Å². The molecule has 2 rings (SSSR count). The summed E-state index contributed by atoms with van der Waals surface area (Å²) in [6, 6.07) is 0. The summed E-state index contributed by atoms with van der Waals surface area (Å²) in [6.45, 7) is 1.89. The molecule has 14 heavy (non-hydrogen) atoms. The Morgan fingerprint density at radius 1 is 1.57 bits per heavy atom. The fourth-order valence-electron chi connectivity index (χ4n) is 1.62. The van der Waals surface area contributed by atoms with Gasteiger partial charge in [0.2, 0.25) is 0 Å². The molecule has 2 N–H and O–H groups in total. The summed E-state index contributed by atoms with van der Waals surface area (Å²) in [5, 5.41) is 3.30. The molecular weight excluding hydrogens is 214 g/mol. The van der Waals surface area contributed by atoms with Crippen LogP contribution in [0.5, 0.6) is 0 Å². The van der Waals surface area contributed by atoms with Crippen LogP contribution in [0.25, 0.3) is 0 Å². The number of thioether (sulfide) groups is 1. The number of rotatable bonds is 2. The van der Waals surface area contributed by atoms with Gasteiger partial charge in [-0.3, -0.25) is 0 Å². The van der Waals surface area contributed by atoms with E-state index in [9.17, 15) is 0 Å². The van der Waals surface area contributed by atoms with Crippen molar-refractivity contribution in [3.8, 4) is 0 Å². The van der Waals surface area contributed by atoms with Crippen molar-refractivity contribution in [2.45, 2.75) is 18.7 Å². The number of H-pyrrole nitrogens is 1. The SMILES string of the molecule is CSCc1nc(=S)c2c([nH]1)CCNC2. The maximum Gasteiger partial charge on any atom is 0.134 e. The second-order valence-electron chi connectivity index (χ2n) is 3.31. The van der Waals surface area contributed by atoms with Crippen molar-refractivity contribution in [3.05, 3.63) is 21.7 Å². The molecule has 0 aromatic carbocycles. The summed E-state index contributed by atoms with van der Waals surface area (Å²) < 4.78 is 0.759. The van der Waals surface area contributed by atoms with Crippen LogP contribution in [0.15, 0.2) is 0 Å². The van der Waals surface area contributed by atoms with Gasteiger partial charge in [0.15, 0.2) is 0 Å². The normalized spacial score (nSPS) is 15.2. The minimum absolute atomic E-state index is 0.759. The number of aromatic amines is 1. The second kappa shape index (κ2) is 4.42.